The lowest BCUT2D eigenvalue weighted by Gasteiger charge is -2.32. The average molecular weight is 261 g/mol. The van der Waals surface area contributed by atoms with E-state index in [2.05, 4.69) is 59.5 Å². The Balaban J connectivity index is 2.28. The minimum atomic E-state index is -0.322. The Morgan fingerprint density at radius 2 is 1.63 bits per heavy atom. The molecule has 0 bridgehead atoms. The fraction of sp³-hybridized carbons (Fsp3) is 0.667. The smallest absolute Gasteiger partial charge is 0.399 e. The molecule has 1 aromatic heterocycles. The molecule has 0 unspecified atom stereocenters. The van der Waals surface area contributed by atoms with Gasteiger partial charge in [0.15, 0.2) is 0 Å². The number of pyridine rings is 1. The zero-order chi connectivity index (χ0) is 14.4. The van der Waals surface area contributed by atoms with Crippen LogP contribution in [0.25, 0.3) is 0 Å². The van der Waals surface area contributed by atoms with Crippen LogP contribution in [0.15, 0.2) is 12.3 Å². The Morgan fingerprint density at radius 3 is 2.05 bits per heavy atom. The maximum Gasteiger partial charge on any atom is 0.496 e. The summed E-state index contributed by atoms with van der Waals surface area (Å²) in [7, 11) is -0.322. The fourth-order valence-electron chi connectivity index (χ4n) is 2.32. The van der Waals surface area contributed by atoms with E-state index in [1.54, 1.807) is 0 Å². The van der Waals surface area contributed by atoms with Gasteiger partial charge in [0.05, 0.1) is 11.2 Å². The number of rotatable bonds is 2. The van der Waals surface area contributed by atoms with Gasteiger partial charge in [-0.2, -0.15) is 0 Å². The second-order valence-corrected chi connectivity index (χ2v) is 6.71. The van der Waals surface area contributed by atoms with Crippen LogP contribution < -0.4 is 5.46 Å². The van der Waals surface area contributed by atoms with Crippen molar-refractivity contribution in [2.24, 2.45) is 0 Å². The van der Waals surface area contributed by atoms with Crippen LogP contribution in [0.5, 0.6) is 0 Å². The first-order valence-electron chi connectivity index (χ1n) is 6.96. The van der Waals surface area contributed by atoms with Crippen LogP contribution in [0.1, 0.15) is 58.7 Å². The Kier molecular flexibility index (Phi) is 3.52. The first-order chi connectivity index (χ1) is 8.64. The van der Waals surface area contributed by atoms with Gasteiger partial charge in [0, 0.05) is 17.4 Å². The third-order valence-corrected chi connectivity index (χ3v) is 4.21. The van der Waals surface area contributed by atoms with Crippen molar-refractivity contribution in [2.75, 3.05) is 0 Å². The van der Waals surface area contributed by atoms with Crippen molar-refractivity contribution in [1.29, 1.82) is 0 Å². The average Bonchev–Trinajstić information content (AvgIpc) is 2.47. The summed E-state index contributed by atoms with van der Waals surface area (Å²) in [6.45, 7) is 14.7. The molecule has 0 radical (unpaired) electrons. The minimum Gasteiger partial charge on any atom is -0.399 e. The van der Waals surface area contributed by atoms with Crippen molar-refractivity contribution in [2.45, 2.75) is 65.6 Å². The molecule has 1 fully saturated rings. The van der Waals surface area contributed by atoms with E-state index in [4.69, 9.17) is 9.31 Å². The van der Waals surface area contributed by atoms with Crippen molar-refractivity contribution in [3.8, 4) is 0 Å². The van der Waals surface area contributed by atoms with Crippen LogP contribution in [-0.2, 0) is 9.31 Å². The molecule has 0 atom stereocenters. The Hall–Kier alpha value is -0.865. The topological polar surface area (TPSA) is 31.4 Å². The summed E-state index contributed by atoms with van der Waals surface area (Å²) in [4.78, 5) is 4.56. The Morgan fingerprint density at radius 1 is 1.11 bits per heavy atom. The third-order valence-electron chi connectivity index (χ3n) is 4.21. The normalized spacial score (nSPS) is 21.2. The summed E-state index contributed by atoms with van der Waals surface area (Å²) in [5.41, 5.74) is 2.73. The van der Waals surface area contributed by atoms with Gasteiger partial charge in [-0.3, -0.25) is 4.98 Å². The molecule has 19 heavy (non-hydrogen) atoms. The molecule has 3 nitrogen and oxygen atoms in total. The summed E-state index contributed by atoms with van der Waals surface area (Å²) >= 11 is 0. The third kappa shape index (κ3) is 2.56. The molecule has 1 aliphatic heterocycles. The van der Waals surface area contributed by atoms with Crippen molar-refractivity contribution >= 4 is 12.6 Å². The van der Waals surface area contributed by atoms with Crippen LogP contribution >= 0.6 is 0 Å². The van der Waals surface area contributed by atoms with Crippen molar-refractivity contribution in [3.05, 3.63) is 23.5 Å². The van der Waals surface area contributed by atoms with Crippen LogP contribution in [0.3, 0.4) is 0 Å². The highest BCUT2D eigenvalue weighted by Crippen LogP contribution is 2.36. The monoisotopic (exact) mass is 261 g/mol. The zero-order valence-corrected chi connectivity index (χ0v) is 13.1. The predicted octanol–water partition coefficient (Wildman–Crippen LogP) is 2.81. The molecule has 2 rings (SSSR count). The van der Waals surface area contributed by atoms with Gasteiger partial charge in [0.1, 0.15) is 0 Å². The molecule has 4 heteroatoms. The first-order valence-corrected chi connectivity index (χ1v) is 6.96. The molecule has 1 saturated heterocycles. The second-order valence-electron chi connectivity index (χ2n) is 6.71. The van der Waals surface area contributed by atoms with Crippen molar-refractivity contribution < 1.29 is 9.31 Å². The van der Waals surface area contributed by atoms with Gasteiger partial charge in [-0.25, -0.2) is 0 Å². The molecule has 2 heterocycles. The number of hydrogen-bond donors (Lipinski definition) is 0. The molecule has 0 aromatic carbocycles. The van der Waals surface area contributed by atoms with E-state index in [-0.39, 0.29) is 18.3 Å². The van der Waals surface area contributed by atoms with Gasteiger partial charge < -0.3 is 9.31 Å². The van der Waals surface area contributed by atoms with E-state index >= 15 is 0 Å². The van der Waals surface area contributed by atoms with Crippen molar-refractivity contribution in [3.63, 3.8) is 0 Å². The zero-order valence-electron chi connectivity index (χ0n) is 13.1. The van der Waals surface area contributed by atoms with Crippen LogP contribution in [-0.4, -0.2) is 23.3 Å². The van der Waals surface area contributed by atoms with Crippen molar-refractivity contribution in [1.82, 2.24) is 4.98 Å². The highest BCUT2D eigenvalue weighted by Gasteiger charge is 2.51. The van der Waals surface area contributed by atoms with Crippen LogP contribution in [0.4, 0.5) is 0 Å². The molecule has 0 aliphatic carbocycles. The second kappa shape index (κ2) is 4.60. The SMILES string of the molecule is Cc1cc(B2OC(C)(C)C(C)(C)O2)cnc1C(C)C. The van der Waals surface area contributed by atoms with E-state index in [0.29, 0.717) is 5.92 Å². The molecule has 104 valence electrons. The largest absolute Gasteiger partial charge is 0.496 e. The summed E-state index contributed by atoms with van der Waals surface area (Å²) in [5.74, 6) is 0.437. The lowest BCUT2D eigenvalue weighted by atomic mass is 9.79. The summed E-state index contributed by atoms with van der Waals surface area (Å²) < 4.78 is 12.1. The van der Waals surface area contributed by atoms with Gasteiger partial charge in [0.2, 0.25) is 0 Å². The minimum absolute atomic E-state index is 0.303. The summed E-state index contributed by atoms with van der Waals surface area (Å²) in [6.07, 6.45) is 1.88. The summed E-state index contributed by atoms with van der Waals surface area (Å²) in [6, 6.07) is 2.13. The number of aromatic nitrogens is 1. The summed E-state index contributed by atoms with van der Waals surface area (Å²) in [5, 5.41) is 0. The van der Waals surface area contributed by atoms with Gasteiger partial charge >= 0.3 is 7.12 Å². The van der Waals surface area contributed by atoms with E-state index < -0.39 is 0 Å². The van der Waals surface area contributed by atoms with Gasteiger partial charge in [-0.15, -0.1) is 0 Å². The van der Waals surface area contributed by atoms with Gasteiger partial charge in [0.25, 0.3) is 0 Å². The molecule has 0 N–H and O–H groups in total. The number of hydrogen-bond acceptors (Lipinski definition) is 3. The number of nitrogens with zero attached hydrogens (tertiary/aromatic N) is 1. The van der Waals surface area contributed by atoms with E-state index in [9.17, 15) is 0 Å². The molecule has 0 spiro atoms. The quantitative estimate of drug-likeness (QED) is 0.767. The maximum atomic E-state index is 6.04. The number of aryl methyl sites for hydroxylation is 1. The van der Waals surface area contributed by atoms with E-state index in [0.717, 1.165) is 11.2 Å². The predicted molar refractivity (Wildman–Crippen MR) is 78.8 cm³/mol. The molecular weight excluding hydrogens is 237 g/mol. The fourth-order valence-corrected chi connectivity index (χ4v) is 2.32. The molecule has 0 amide bonds. The maximum absolute atomic E-state index is 6.04. The Labute approximate surface area is 116 Å². The first kappa shape index (κ1) is 14.5. The van der Waals surface area contributed by atoms with E-state index in [1.807, 2.05) is 6.20 Å². The Bertz CT molecular complexity index is 467. The molecule has 0 saturated carbocycles. The lowest BCUT2D eigenvalue weighted by molar-refractivity contribution is 0.00578. The van der Waals surface area contributed by atoms with Crippen LogP contribution in [0, 0.1) is 6.92 Å². The lowest BCUT2D eigenvalue weighted by Crippen LogP contribution is -2.41. The van der Waals surface area contributed by atoms with Gasteiger partial charge in [-0.05, 0) is 46.1 Å². The molecule has 1 aromatic rings. The highest BCUT2D eigenvalue weighted by atomic mass is 16.7. The standard InChI is InChI=1S/C15H24BNO2/c1-10(2)13-11(3)8-12(9-17-13)16-18-14(4,5)15(6,7)19-16/h8-10H,1-7H3. The van der Waals surface area contributed by atoms with E-state index in [1.165, 1.54) is 5.56 Å². The van der Waals surface area contributed by atoms with Crippen LogP contribution in [0.2, 0.25) is 0 Å². The molecular formula is C15H24BNO2. The van der Waals surface area contributed by atoms with Gasteiger partial charge in [-0.1, -0.05) is 19.9 Å². The highest BCUT2D eigenvalue weighted by molar-refractivity contribution is 6.62. The molecule has 1 aliphatic rings.